The van der Waals surface area contributed by atoms with Crippen LogP contribution in [0.5, 0.6) is 11.5 Å². The predicted molar refractivity (Wildman–Crippen MR) is 133 cm³/mol. The molecule has 3 aromatic rings. The maximum absolute atomic E-state index is 12.3. The van der Waals surface area contributed by atoms with E-state index in [1.165, 1.54) is 13.3 Å². The van der Waals surface area contributed by atoms with Crippen molar-refractivity contribution in [2.24, 2.45) is 5.10 Å². The average molecular weight is 557 g/mol. The van der Waals surface area contributed by atoms with Crippen LogP contribution >= 0.6 is 50.7 Å². The van der Waals surface area contributed by atoms with Gasteiger partial charge in [0, 0.05) is 36.2 Å². The average Bonchev–Trinajstić information content (AvgIpc) is 2.76. The molecule has 0 spiro atoms. The predicted octanol–water partition coefficient (Wildman–Crippen LogP) is 7.07. The molecule has 1 amide bonds. The third-order valence-corrected chi connectivity index (χ3v) is 6.17. The fraction of sp³-hybridized carbons (Fsp3) is 0.130. The Labute approximate surface area is 209 Å². The van der Waals surface area contributed by atoms with Crippen LogP contribution in [-0.4, -0.2) is 19.2 Å². The monoisotopic (exact) mass is 554 g/mol. The van der Waals surface area contributed by atoms with E-state index in [4.69, 9.17) is 44.3 Å². The van der Waals surface area contributed by atoms with Crippen molar-refractivity contribution in [1.29, 1.82) is 0 Å². The molecular formula is C23H18BrCl3N2O3. The summed E-state index contributed by atoms with van der Waals surface area (Å²) in [7, 11) is 1.54. The summed E-state index contributed by atoms with van der Waals surface area (Å²) < 4.78 is 12.0. The number of carbonyl (C=O) groups is 1. The van der Waals surface area contributed by atoms with Crippen LogP contribution in [0.15, 0.2) is 58.1 Å². The van der Waals surface area contributed by atoms with Gasteiger partial charge < -0.3 is 9.47 Å². The van der Waals surface area contributed by atoms with Crippen LogP contribution in [0.1, 0.15) is 27.0 Å². The Morgan fingerprint density at radius 1 is 1.06 bits per heavy atom. The number of hydrogen-bond donors (Lipinski definition) is 1. The van der Waals surface area contributed by atoms with E-state index in [0.29, 0.717) is 42.2 Å². The van der Waals surface area contributed by atoms with Crippen molar-refractivity contribution in [3.05, 3.63) is 90.3 Å². The quantitative estimate of drug-likeness (QED) is 0.250. The standard InChI is InChI=1S/C23H18BrCl3N2O3/c1-13-3-4-14(7-19(13)26)23(30)29-28-11-16-8-21(31-2)22(10-18(16)24)32-12-15-5-6-17(25)9-20(15)27/h3-11H,12H2,1-2H3,(H,29,30)/b28-11-. The first-order valence-electron chi connectivity index (χ1n) is 9.32. The molecule has 1 N–H and O–H groups in total. The summed E-state index contributed by atoms with van der Waals surface area (Å²) in [5.41, 5.74) is 5.26. The zero-order valence-corrected chi connectivity index (χ0v) is 20.9. The molecule has 32 heavy (non-hydrogen) atoms. The lowest BCUT2D eigenvalue weighted by atomic mass is 10.1. The van der Waals surface area contributed by atoms with Crippen LogP contribution in [0.4, 0.5) is 0 Å². The number of rotatable bonds is 7. The van der Waals surface area contributed by atoms with E-state index in [0.717, 1.165) is 11.1 Å². The summed E-state index contributed by atoms with van der Waals surface area (Å²) in [6.07, 6.45) is 1.50. The van der Waals surface area contributed by atoms with Crippen molar-refractivity contribution in [2.45, 2.75) is 13.5 Å². The second-order valence-electron chi connectivity index (χ2n) is 6.71. The van der Waals surface area contributed by atoms with Gasteiger partial charge in [-0.25, -0.2) is 5.43 Å². The van der Waals surface area contributed by atoms with Gasteiger partial charge in [-0.2, -0.15) is 5.10 Å². The van der Waals surface area contributed by atoms with Gasteiger partial charge in [-0.1, -0.05) is 46.9 Å². The Balaban J connectivity index is 1.71. The number of benzene rings is 3. The van der Waals surface area contributed by atoms with Gasteiger partial charge >= 0.3 is 0 Å². The summed E-state index contributed by atoms with van der Waals surface area (Å²) in [5.74, 6) is 0.642. The molecule has 0 radical (unpaired) electrons. The number of aryl methyl sites for hydroxylation is 1. The highest BCUT2D eigenvalue weighted by Crippen LogP contribution is 2.34. The Kier molecular flexibility index (Phi) is 8.43. The number of nitrogens with zero attached hydrogens (tertiary/aromatic N) is 1. The third-order valence-electron chi connectivity index (χ3n) is 4.48. The number of methoxy groups -OCH3 is 1. The van der Waals surface area contributed by atoms with E-state index in [-0.39, 0.29) is 12.5 Å². The molecule has 0 aliphatic carbocycles. The molecule has 3 rings (SSSR count). The number of hydrazone groups is 1. The van der Waals surface area contributed by atoms with Gasteiger partial charge in [-0.3, -0.25) is 4.79 Å². The molecule has 0 heterocycles. The van der Waals surface area contributed by atoms with E-state index in [2.05, 4.69) is 26.5 Å². The van der Waals surface area contributed by atoms with Crippen molar-refractivity contribution < 1.29 is 14.3 Å². The zero-order chi connectivity index (χ0) is 23.3. The molecule has 0 atom stereocenters. The van der Waals surface area contributed by atoms with Crippen molar-refractivity contribution in [3.63, 3.8) is 0 Å². The van der Waals surface area contributed by atoms with E-state index >= 15 is 0 Å². The number of halogens is 4. The highest BCUT2D eigenvalue weighted by Gasteiger charge is 2.12. The SMILES string of the molecule is COc1cc(/C=N\NC(=O)c2ccc(C)c(Cl)c2)c(Br)cc1OCc1ccc(Cl)cc1Cl. The highest BCUT2D eigenvalue weighted by atomic mass is 79.9. The van der Waals surface area contributed by atoms with Gasteiger partial charge in [0.2, 0.25) is 0 Å². The lowest BCUT2D eigenvalue weighted by molar-refractivity contribution is 0.0955. The van der Waals surface area contributed by atoms with E-state index in [1.54, 1.807) is 48.5 Å². The molecule has 166 valence electrons. The molecule has 0 aliphatic rings. The molecular weight excluding hydrogens is 539 g/mol. The first kappa shape index (κ1) is 24.4. The largest absolute Gasteiger partial charge is 0.493 e. The second-order valence-corrected chi connectivity index (χ2v) is 8.82. The summed E-state index contributed by atoms with van der Waals surface area (Å²) in [6, 6.07) is 13.8. The minimum absolute atomic E-state index is 0.238. The van der Waals surface area contributed by atoms with Crippen LogP contribution in [0, 0.1) is 6.92 Å². The smallest absolute Gasteiger partial charge is 0.271 e. The molecule has 0 saturated carbocycles. The lowest BCUT2D eigenvalue weighted by Crippen LogP contribution is -2.17. The minimum atomic E-state index is -0.369. The lowest BCUT2D eigenvalue weighted by Gasteiger charge is -2.13. The summed E-state index contributed by atoms with van der Waals surface area (Å²) in [6.45, 7) is 2.10. The number of nitrogens with one attached hydrogen (secondary N) is 1. The summed E-state index contributed by atoms with van der Waals surface area (Å²) in [5, 5.41) is 5.62. The van der Waals surface area contributed by atoms with Crippen LogP contribution < -0.4 is 14.9 Å². The topological polar surface area (TPSA) is 59.9 Å². The molecule has 0 fully saturated rings. The maximum Gasteiger partial charge on any atom is 0.271 e. The molecule has 0 aromatic heterocycles. The van der Waals surface area contributed by atoms with Gasteiger partial charge in [0.15, 0.2) is 11.5 Å². The Bertz CT molecular complexity index is 1190. The molecule has 0 saturated heterocycles. The summed E-state index contributed by atoms with van der Waals surface area (Å²) >= 11 is 21.7. The molecule has 5 nitrogen and oxygen atoms in total. The summed E-state index contributed by atoms with van der Waals surface area (Å²) in [4.78, 5) is 12.3. The first-order chi connectivity index (χ1) is 15.3. The zero-order valence-electron chi connectivity index (χ0n) is 17.1. The van der Waals surface area contributed by atoms with Gasteiger partial charge in [0.05, 0.1) is 13.3 Å². The van der Waals surface area contributed by atoms with Crippen molar-refractivity contribution in [1.82, 2.24) is 5.43 Å². The van der Waals surface area contributed by atoms with E-state index < -0.39 is 0 Å². The van der Waals surface area contributed by atoms with Crippen LogP contribution in [0.3, 0.4) is 0 Å². The van der Waals surface area contributed by atoms with Crippen LogP contribution in [0.25, 0.3) is 0 Å². The number of hydrogen-bond acceptors (Lipinski definition) is 4. The van der Waals surface area contributed by atoms with Crippen LogP contribution in [-0.2, 0) is 6.61 Å². The number of amides is 1. The van der Waals surface area contributed by atoms with Gasteiger partial charge in [0.25, 0.3) is 5.91 Å². The normalized spacial score (nSPS) is 10.9. The van der Waals surface area contributed by atoms with Crippen molar-refractivity contribution in [3.8, 4) is 11.5 Å². The molecule has 0 aliphatic heterocycles. The fourth-order valence-electron chi connectivity index (χ4n) is 2.68. The molecule has 9 heteroatoms. The Morgan fingerprint density at radius 3 is 2.53 bits per heavy atom. The van der Waals surface area contributed by atoms with Gasteiger partial charge in [0.1, 0.15) is 6.61 Å². The fourth-order valence-corrected chi connectivity index (χ4v) is 3.74. The van der Waals surface area contributed by atoms with Crippen molar-refractivity contribution in [2.75, 3.05) is 7.11 Å². The first-order valence-corrected chi connectivity index (χ1v) is 11.2. The van der Waals surface area contributed by atoms with Crippen LogP contribution in [0.2, 0.25) is 15.1 Å². The second kappa shape index (κ2) is 11.1. The minimum Gasteiger partial charge on any atom is -0.493 e. The molecule has 0 unspecified atom stereocenters. The van der Waals surface area contributed by atoms with Gasteiger partial charge in [-0.15, -0.1) is 0 Å². The Hall–Kier alpha value is -2.25. The number of carbonyl (C=O) groups excluding carboxylic acids is 1. The third kappa shape index (κ3) is 6.17. The molecule has 0 bridgehead atoms. The number of ether oxygens (including phenoxy) is 2. The molecule has 3 aromatic carbocycles. The van der Waals surface area contributed by atoms with Gasteiger partial charge in [-0.05, 0) is 64.8 Å². The van der Waals surface area contributed by atoms with E-state index in [9.17, 15) is 4.79 Å². The van der Waals surface area contributed by atoms with Crippen molar-refractivity contribution >= 4 is 62.9 Å². The Morgan fingerprint density at radius 2 is 1.84 bits per heavy atom. The van der Waals surface area contributed by atoms with E-state index in [1.807, 2.05) is 6.92 Å². The highest BCUT2D eigenvalue weighted by molar-refractivity contribution is 9.10. The maximum atomic E-state index is 12.3.